The average molecular weight is 354 g/mol. The number of carbonyl (C=O) groups is 2. The van der Waals surface area contributed by atoms with Gasteiger partial charge in [0.15, 0.2) is 6.10 Å². The van der Waals surface area contributed by atoms with Crippen LogP contribution in [0.2, 0.25) is 0 Å². The van der Waals surface area contributed by atoms with Crippen LogP contribution in [-0.2, 0) is 24.3 Å². The standard InChI is InChI=1S/C16H22N2O5S/c1-11-6-8-13(9-7-11)24(21,22)18-10-4-3-5-14(18)16(20)23-12(2)15(17)19/h6-9,12,14H,3-5,10H2,1-2H3,(H2,17,19)/t12-,14-/m0/s1. The van der Waals surface area contributed by atoms with Crippen molar-refractivity contribution in [2.75, 3.05) is 6.54 Å². The van der Waals surface area contributed by atoms with Crippen LogP contribution in [-0.4, -0.2) is 43.3 Å². The first-order valence-electron chi connectivity index (χ1n) is 7.82. The summed E-state index contributed by atoms with van der Waals surface area (Å²) >= 11 is 0. The third kappa shape index (κ3) is 3.93. The molecule has 0 spiro atoms. The lowest BCUT2D eigenvalue weighted by atomic mass is 10.1. The lowest BCUT2D eigenvalue weighted by molar-refractivity contribution is -0.158. The van der Waals surface area contributed by atoms with Crippen molar-refractivity contribution in [3.63, 3.8) is 0 Å². The fourth-order valence-electron chi connectivity index (χ4n) is 2.58. The summed E-state index contributed by atoms with van der Waals surface area (Å²) in [6.45, 7) is 3.46. The summed E-state index contributed by atoms with van der Waals surface area (Å²) in [5.74, 6) is -1.51. The predicted molar refractivity (Wildman–Crippen MR) is 87.5 cm³/mol. The van der Waals surface area contributed by atoms with Crippen molar-refractivity contribution in [1.82, 2.24) is 4.31 Å². The topological polar surface area (TPSA) is 107 Å². The van der Waals surface area contributed by atoms with Gasteiger partial charge in [-0.3, -0.25) is 9.59 Å². The van der Waals surface area contributed by atoms with Gasteiger partial charge >= 0.3 is 5.97 Å². The number of carbonyl (C=O) groups excluding carboxylic acids is 2. The Morgan fingerprint density at radius 1 is 1.25 bits per heavy atom. The van der Waals surface area contributed by atoms with E-state index in [1.54, 1.807) is 12.1 Å². The predicted octanol–water partition coefficient (Wildman–Crippen LogP) is 0.955. The van der Waals surface area contributed by atoms with E-state index in [4.69, 9.17) is 10.5 Å². The number of hydrogen-bond acceptors (Lipinski definition) is 5. The zero-order valence-corrected chi connectivity index (χ0v) is 14.6. The highest BCUT2D eigenvalue weighted by molar-refractivity contribution is 7.89. The van der Waals surface area contributed by atoms with Crippen LogP contribution >= 0.6 is 0 Å². The zero-order chi connectivity index (χ0) is 17.9. The molecule has 1 aromatic carbocycles. The number of sulfonamides is 1. The molecule has 0 aromatic heterocycles. The van der Waals surface area contributed by atoms with Gasteiger partial charge < -0.3 is 10.5 Å². The number of nitrogens with two attached hydrogens (primary N) is 1. The summed E-state index contributed by atoms with van der Waals surface area (Å²) in [5.41, 5.74) is 6.03. The van der Waals surface area contributed by atoms with E-state index in [-0.39, 0.29) is 11.4 Å². The van der Waals surface area contributed by atoms with Crippen molar-refractivity contribution in [2.45, 2.75) is 50.2 Å². The molecular weight excluding hydrogens is 332 g/mol. The normalized spacial score (nSPS) is 20.3. The van der Waals surface area contributed by atoms with Gasteiger partial charge in [0.25, 0.3) is 5.91 Å². The monoisotopic (exact) mass is 354 g/mol. The number of primary amides is 1. The van der Waals surface area contributed by atoms with E-state index in [0.717, 1.165) is 9.87 Å². The van der Waals surface area contributed by atoms with Gasteiger partial charge in [-0.1, -0.05) is 17.7 Å². The van der Waals surface area contributed by atoms with Crippen LogP contribution in [0.25, 0.3) is 0 Å². The number of benzene rings is 1. The fraction of sp³-hybridized carbons (Fsp3) is 0.500. The number of aryl methyl sites for hydroxylation is 1. The highest BCUT2D eigenvalue weighted by Gasteiger charge is 2.39. The smallest absolute Gasteiger partial charge is 0.325 e. The fourth-order valence-corrected chi connectivity index (χ4v) is 4.23. The molecule has 0 radical (unpaired) electrons. The molecule has 1 amide bonds. The van der Waals surface area contributed by atoms with Gasteiger partial charge in [0.1, 0.15) is 6.04 Å². The summed E-state index contributed by atoms with van der Waals surface area (Å²) in [7, 11) is -3.81. The summed E-state index contributed by atoms with van der Waals surface area (Å²) in [6, 6.07) is 5.52. The SMILES string of the molecule is Cc1ccc(S(=O)(=O)N2CCCC[C@H]2C(=O)O[C@@H](C)C(N)=O)cc1. The maximum atomic E-state index is 12.9. The summed E-state index contributed by atoms with van der Waals surface area (Å²) in [6.07, 6.45) is 0.642. The molecule has 7 nitrogen and oxygen atoms in total. The van der Waals surface area contributed by atoms with Crippen LogP contribution in [0.15, 0.2) is 29.2 Å². The number of amides is 1. The molecule has 0 unspecified atom stereocenters. The van der Waals surface area contributed by atoms with Crippen LogP contribution < -0.4 is 5.73 Å². The van der Waals surface area contributed by atoms with E-state index in [1.807, 2.05) is 6.92 Å². The molecule has 1 fully saturated rings. The molecule has 1 aliphatic heterocycles. The molecule has 1 saturated heterocycles. The Labute approximate surface area is 141 Å². The average Bonchev–Trinajstić information content (AvgIpc) is 2.55. The largest absolute Gasteiger partial charge is 0.451 e. The Balaban J connectivity index is 2.26. The van der Waals surface area contributed by atoms with Crippen LogP contribution in [0.1, 0.15) is 31.7 Å². The highest BCUT2D eigenvalue weighted by Crippen LogP contribution is 2.26. The van der Waals surface area contributed by atoms with Crippen LogP contribution in [0.3, 0.4) is 0 Å². The van der Waals surface area contributed by atoms with Crippen LogP contribution in [0.5, 0.6) is 0 Å². The molecule has 8 heteroatoms. The third-order valence-electron chi connectivity index (χ3n) is 4.05. The number of hydrogen-bond donors (Lipinski definition) is 1. The van der Waals surface area contributed by atoms with Gasteiger partial charge in [-0.15, -0.1) is 0 Å². The Kier molecular flexibility index (Phi) is 5.61. The number of piperidine rings is 1. The zero-order valence-electron chi connectivity index (χ0n) is 13.8. The van der Waals surface area contributed by atoms with Crippen molar-refractivity contribution in [2.24, 2.45) is 5.73 Å². The van der Waals surface area contributed by atoms with Gasteiger partial charge in [0.2, 0.25) is 10.0 Å². The Hall–Kier alpha value is -1.93. The van der Waals surface area contributed by atoms with Crippen molar-refractivity contribution in [3.8, 4) is 0 Å². The molecule has 2 rings (SSSR count). The minimum Gasteiger partial charge on any atom is -0.451 e. The van der Waals surface area contributed by atoms with E-state index in [9.17, 15) is 18.0 Å². The first-order valence-corrected chi connectivity index (χ1v) is 9.26. The lowest BCUT2D eigenvalue weighted by Gasteiger charge is -2.33. The first kappa shape index (κ1) is 18.4. The maximum absolute atomic E-state index is 12.9. The van der Waals surface area contributed by atoms with E-state index in [1.165, 1.54) is 19.1 Å². The number of rotatable bonds is 5. The first-order chi connectivity index (χ1) is 11.2. The maximum Gasteiger partial charge on any atom is 0.325 e. The van der Waals surface area contributed by atoms with Crippen LogP contribution in [0.4, 0.5) is 0 Å². The van der Waals surface area contributed by atoms with Gasteiger partial charge in [0.05, 0.1) is 4.90 Å². The molecule has 132 valence electrons. The Bertz CT molecular complexity index is 714. The lowest BCUT2D eigenvalue weighted by Crippen LogP contribution is -2.49. The van der Waals surface area contributed by atoms with Crippen molar-refractivity contribution < 1.29 is 22.7 Å². The summed E-state index contributed by atoms with van der Waals surface area (Å²) in [5, 5.41) is 0. The molecule has 0 aliphatic carbocycles. The van der Waals surface area contributed by atoms with Crippen molar-refractivity contribution in [3.05, 3.63) is 29.8 Å². The van der Waals surface area contributed by atoms with Gasteiger partial charge in [-0.05, 0) is 45.2 Å². The van der Waals surface area contributed by atoms with Crippen molar-refractivity contribution in [1.29, 1.82) is 0 Å². The number of nitrogens with zero attached hydrogens (tertiary/aromatic N) is 1. The second kappa shape index (κ2) is 7.31. The molecule has 2 N–H and O–H groups in total. The third-order valence-corrected chi connectivity index (χ3v) is 5.97. The second-order valence-electron chi connectivity index (χ2n) is 5.92. The molecule has 1 aromatic rings. The minimum atomic E-state index is -3.81. The van der Waals surface area contributed by atoms with Gasteiger partial charge in [0, 0.05) is 6.54 Å². The van der Waals surface area contributed by atoms with E-state index in [2.05, 4.69) is 0 Å². The summed E-state index contributed by atoms with van der Waals surface area (Å²) in [4.78, 5) is 23.5. The second-order valence-corrected chi connectivity index (χ2v) is 7.81. The van der Waals surface area contributed by atoms with E-state index >= 15 is 0 Å². The molecule has 2 atom stereocenters. The highest BCUT2D eigenvalue weighted by atomic mass is 32.2. The molecule has 1 aliphatic rings. The Morgan fingerprint density at radius 3 is 2.46 bits per heavy atom. The molecule has 0 saturated carbocycles. The van der Waals surface area contributed by atoms with E-state index in [0.29, 0.717) is 19.3 Å². The van der Waals surface area contributed by atoms with Crippen molar-refractivity contribution >= 4 is 21.9 Å². The van der Waals surface area contributed by atoms with Crippen LogP contribution in [0, 0.1) is 6.92 Å². The quantitative estimate of drug-likeness (QED) is 0.793. The van der Waals surface area contributed by atoms with Gasteiger partial charge in [-0.25, -0.2) is 8.42 Å². The van der Waals surface area contributed by atoms with Gasteiger partial charge in [-0.2, -0.15) is 4.31 Å². The molecule has 24 heavy (non-hydrogen) atoms. The summed E-state index contributed by atoms with van der Waals surface area (Å²) < 4.78 is 31.9. The Morgan fingerprint density at radius 2 is 1.88 bits per heavy atom. The molecule has 0 bridgehead atoms. The van der Waals surface area contributed by atoms with E-state index < -0.39 is 34.0 Å². The number of ether oxygens (including phenoxy) is 1. The molecular formula is C16H22N2O5S. The number of esters is 1. The molecule has 1 heterocycles. The minimum absolute atomic E-state index is 0.135.